The van der Waals surface area contributed by atoms with Gasteiger partial charge in [0, 0.05) is 29.3 Å². The van der Waals surface area contributed by atoms with Gasteiger partial charge in [-0.3, -0.25) is 5.43 Å². The molecule has 2 aromatic rings. The topological polar surface area (TPSA) is 55.5 Å². The minimum atomic E-state index is 0.634. The van der Waals surface area contributed by atoms with Crippen LogP contribution in [-0.4, -0.2) is 31.1 Å². The molecule has 0 saturated carbocycles. The van der Waals surface area contributed by atoms with E-state index in [0.717, 1.165) is 19.8 Å². The second kappa shape index (κ2) is 4.28. The summed E-state index contributed by atoms with van der Waals surface area (Å²) in [5.74, 6) is 0.634. The second-order valence-electron chi connectivity index (χ2n) is 5.19. The number of rotatable bonds is 2. The van der Waals surface area contributed by atoms with Crippen molar-refractivity contribution in [1.82, 2.24) is 15.7 Å². The van der Waals surface area contributed by atoms with E-state index < -0.39 is 0 Å². The van der Waals surface area contributed by atoms with Crippen molar-refractivity contribution < 1.29 is 0 Å². The molecule has 5 nitrogen and oxygen atoms in total. The lowest BCUT2D eigenvalue weighted by atomic mass is 9.97. The molecule has 0 amide bonds. The van der Waals surface area contributed by atoms with Gasteiger partial charge in [-0.1, -0.05) is 0 Å². The maximum atomic E-state index is 4.04. The monoisotopic (exact) mass is 255 g/mol. The number of H-pyrrole nitrogens is 1. The summed E-state index contributed by atoms with van der Waals surface area (Å²) in [6.45, 7) is 2.96. The Labute approximate surface area is 111 Å². The number of aromatic amines is 1. The highest BCUT2D eigenvalue weighted by atomic mass is 15.5. The molecule has 2 aliphatic heterocycles. The summed E-state index contributed by atoms with van der Waals surface area (Å²) < 4.78 is 0. The number of hydrogen-bond acceptors (Lipinski definition) is 4. The predicted molar refractivity (Wildman–Crippen MR) is 77.5 cm³/mol. The average molecular weight is 255 g/mol. The third-order valence-corrected chi connectivity index (χ3v) is 4.06. The van der Waals surface area contributed by atoms with Gasteiger partial charge in [-0.05, 0) is 42.6 Å². The summed E-state index contributed by atoms with van der Waals surface area (Å²) >= 11 is 0. The van der Waals surface area contributed by atoms with Crippen molar-refractivity contribution in [3.63, 3.8) is 0 Å². The van der Waals surface area contributed by atoms with E-state index in [9.17, 15) is 0 Å². The fourth-order valence-electron chi connectivity index (χ4n) is 2.99. The SMILES string of the molecule is C1=NNCN1c1ccc2[nH]cc(C3CCNC3)c2c1. The average Bonchev–Trinajstić information content (AvgIpc) is 3.18. The molecule has 1 fully saturated rings. The molecule has 1 saturated heterocycles. The summed E-state index contributed by atoms with van der Waals surface area (Å²) in [5, 5.41) is 8.82. The van der Waals surface area contributed by atoms with Gasteiger partial charge >= 0.3 is 0 Å². The standard InChI is InChI=1S/C14H17N5/c1-2-14-12(5-11(1)19-8-17-18-9-19)13(7-16-14)10-3-4-15-6-10/h1-2,5,7-8,10,15-16,18H,3-4,6,9H2. The molecule has 2 aliphatic rings. The molecule has 1 unspecified atom stereocenters. The minimum absolute atomic E-state index is 0.634. The van der Waals surface area contributed by atoms with Gasteiger partial charge in [-0.15, -0.1) is 0 Å². The fourth-order valence-corrected chi connectivity index (χ4v) is 2.99. The first-order valence-corrected chi connectivity index (χ1v) is 6.76. The van der Waals surface area contributed by atoms with Gasteiger partial charge in [0.15, 0.2) is 0 Å². The first-order valence-electron chi connectivity index (χ1n) is 6.76. The number of benzene rings is 1. The van der Waals surface area contributed by atoms with E-state index in [1.54, 1.807) is 0 Å². The molecule has 0 aliphatic carbocycles. The third kappa shape index (κ3) is 1.77. The minimum Gasteiger partial charge on any atom is -0.361 e. The van der Waals surface area contributed by atoms with Crippen molar-refractivity contribution in [2.45, 2.75) is 12.3 Å². The van der Waals surface area contributed by atoms with Crippen molar-refractivity contribution in [1.29, 1.82) is 0 Å². The number of hydrazone groups is 1. The lowest BCUT2D eigenvalue weighted by Crippen LogP contribution is -2.22. The van der Waals surface area contributed by atoms with Crippen LogP contribution in [0.4, 0.5) is 5.69 Å². The molecular weight excluding hydrogens is 238 g/mol. The van der Waals surface area contributed by atoms with E-state index in [-0.39, 0.29) is 0 Å². The number of hydrogen-bond donors (Lipinski definition) is 3. The Morgan fingerprint density at radius 3 is 3.11 bits per heavy atom. The molecule has 1 aromatic heterocycles. The number of nitrogens with zero attached hydrogens (tertiary/aromatic N) is 2. The molecule has 3 heterocycles. The Morgan fingerprint density at radius 1 is 1.32 bits per heavy atom. The van der Waals surface area contributed by atoms with Crippen molar-refractivity contribution >= 4 is 22.9 Å². The van der Waals surface area contributed by atoms with Gasteiger partial charge < -0.3 is 15.2 Å². The van der Waals surface area contributed by atoms with Crippen LogP contribution in [-0.2, 0) is 0 Å². The van der Waals surface area contributed by atoms with E-state index in [1.165, 1.54) is 28.6 Å². The first-order chi connectivity index (χ1) is 9.42. The van der Waals surface area contributed by atoms with Crippen molar-refractivity contribution in [2.24, 2.45) is 5.10 Å². The summed E-state index contributed by atoms with van der Waals surface area (Å²) in [6, 6.07) is 6.55. The van der Waals surface area contributed by atoms with Gasteiger partial charge in [0.25, 0.3) is 0 Å². The Morgan fingerprint density at radius 2 is 2.32 bits per heavy atom. The third-order valence-electron chi connectivity index (χ3n) is 4.06. The molecule has 98 valence electrons. The molecule has 4 rings (SSSR count). The predicted octanol–water partition coefficient (Wildman–Crippen LogP) is 1.56. The summed E-state index contributed by atoms with van der Waals surface area (Å²) in [5.41, 5.74) is 6.80. The first kappa shape index (κ1) is 10.9. The summed E-state index contributed by atoms with van der Waals surface area (Å²) in [6.07, 6.45) is 5.23. The summed E-state index contributed by atoms with van der Waals surface area (Å²) in [4.78, 5) is 5.50. The van der Waals surface area contributed by atoms with E-state index in [2.05, 4.69) is 50.1 Å². The Kier molecular flexibility index (Phi) is 2.45. The highest BCUT2D eigenvalue weighted by Gasteiger charge is 2.20. The normalized spacial score (nSPS) is 22.3. The van der Waals surface area contributed by atoms with Crippen molar-refractivity contribution in [2.75, 3.05) is 24.7 Å². The quantitative estimate of drug-likeness (QED) is 0.763. The zero-order valence-electron chi connectivity index (χ0n) is 10.7. The van der Waals surface area contributed by atoms with Crippen LogP contribution in [0, 0.1) is 0 Å². The highest BCUT2D eigenvalue weighted by Crippen LogP contribution is 2.31. The van der Waals surface area contributed by atoms with Crippen LogP contribution < -0.4 is 15.6 Å². The molecule has 0 spiro atoms. The summed E-state index contributed by atoms with van der Waals surface area (Å²) in [7, 11) is 0. The van der Waals surface area contributed by atoms with E-state index in [1.807, 2.05) is 6.34 Å². The maximum absolute atomic E-state index is 4.04. The molecule has 5 heteroatoms. The van der Waals surface area contributed by atoms with E-state index in [4.69, 9.17) is 0 Å². The molecule has 0 bridgehead atoms. The van der Waals surface area contributed by atoms with Gasteiger partial charge in [-0.25, -0.2) is 0 Å². The Balaban J connectivity index is 1.77. The van der Waals surface area contributed by atoms with Crippen molar-refractivity contribution in [3.05, 3.63) is 30.0 Å². The van der Waals surface area contributed by atoms with Crippen LogP contribution in [0.25, 0.3) is 10.9 Å². The number of anilines is 1. The zero-order chi connectivity index (χ0) is 12.7. The zero-order valence-corrected chi connectivity index (χ0v) is 10.7. The van der Waals surface area contributed by atoms with Crippen LogP contribution in [0.15, 0.2) is 29.5 Å². The molecule has 0 radical (unpaired) electrons. The van der Waals surface area contributed by atoms with Crippen LogP contribution >= 0.6 is 0 Å². The molecule has 19 heavy (non-hydrogen) atoms. The lowest BCUT2D eigenvalue weighted by molar-refractivity contribution is 0.769. The molecular formula is C14H17N5. The highest BCUT2D eigenvalue weighted by molar-refractivity contribution is 5.90. The largest absolute Gasteiger partial charge is 0.361 e. The van der Waals surface area contributed by atoms with Crippen LogP contribution in [0.5, 0.6) is 0 Å². The maximum Gasteiger partial charge on any atom is 0.117 e. The molecule has 3 N–H and O–H groups in total. The van der Waals surface area contributed by atoms with Gasteiger partial charge in [0.1, 0.15) is 13.0 Å². The van der Waals surface area contributed by atoms with Crippen LogP contribution in [0.2, 0.25) is 0 Å². The lowest BCUT2D eigenvalue weighted by Gasteiger charge is -2.14. The second-order valence-corrected chi connectivity index (χ2v) is 5.19. The fraction of sp³-hybridized carbons (Fsp3) is 0.357. The van der Waals surface area contributed by atoms with E-state index >= 15 is 0 Å². The van der Waals surface area contributed by atoms with Crippen LogP contribution in [0.1, 0.15) is 17.9 Å². The number of aromatic nitrogens is 1. The molecule has 1 atom stereocenters. The molecule has 1 aromatic carbocycles. The van der Waals surface area contributed by atoms with Gasteiger partial charge in [0.2, 0.25) is 0 Å². The van der Waals surface area contributed by atoms with E-state index in [0.29, 0.717) is 5.92 Å². The smallest absolute Gasteiger partial charge is 0.117 e. The Bertz CT molecular complexity index is 624. The van der Waals surface area contributed by atoms with Crippen LogP contribution in [0.3, 0.4) is 0 Å². The number of fused-ring (bicyclic) bond motifs is 1. The number of nitrogens with one attached hydrogen (secondary N) is 3. The Hall–Kier alpha value is -2.01. The van der Waals surface area contributed by atoms with Crippen molar-refractivity contribution in [3.8, 4) is 0 Å². The van der Waals surface area contributed by atoms with Gasteiger partial charge in [-0.2, -0.15) is 5.10 Å². The van der Waals surface area contributed by atoms with Gasteiger partial charge in [0.05, 0.1) is 0 Å².